The molecule has 282 valence electrons. The van der Waals surface area contributed by atoms with E-state index < -0.39 is 40.1 Å². The number of alkyl halides is 6. The molecule has 0 radical (unpaired) electrons. The Morgan fingerprint density at radius 3 is 1.15 bits per heavy atom. The number of hydrogen-bond donors (Lipinski definition) is 0. The number of fused-ring (bicyclic) bond motifs is 2. The van der Waals surface area contributed by atoms with Gasteiger partial charge in [-0.25, -0.2) is 0 Å². The van der Waals surface area contributed by atoms with Gasteiger partial charge in [0.05, 0.1) is 0 Å². The minimum Gasteiger partial charge on any atom is -1.00 e. The van der Waals surface area contributed by atoms with E-state index in [1.165, 1.54) is 114 Å². The van der Waals surface area contributed by atoms with Gasteiger partial charge in [0, 0.05) is 0 Å². The average molecular weight is 816 g/mol. The molecule has 5 aliphatic rings. The van der Waals surface area contributed by atoms with Crippen LogP contribution in [0.3, 0.4) is 0 Å². The average Bonchev–Trinajstić information content (AvgIpc) is 3.94. The summed E-state index contributed by atoms with van der Waals surface area (Å²) in [4.78, 5) is 0. The second kappa shape index (κ2) is 15.0. The third-order valence-electron chi connectivity index (χ3n) is 13.3. The molecule has 0 nitrogen and oxygen atoms in total. The van der Waals surface area contributed by atoms with Gasteiger partial charge in [-0.15, -0.1) is 0 Å². The van der Waals surface area contributed by atoms with Crippen LogP contribution in [0.15, 0.2) is 96.1 Å². The van der Waals surface area contributed by atoms with Crippen LogP contribution < -0.4 is 24.8 Å². The molecule has 9 rings (SSSR count). The van der Waals surface area contributed by atoms with Crippen LogP contribution in [-0.2, 0) is 28.9 Å². The molecule has 4 aromatic carbocycles. The maximum atomic E-state index is 13.5. The van der Waals surface area contributed by atoms with Gasteiger partial charge < -0.3 is 24.8 Å². The molecule has 2 saturated carbocycles. The van der Waals surface area contributed by atoms with Crippen LogP contribution in [0.2, 0.25) is 9.45 Å². The first-order chi connectivity index (χ1) is 25.0. The van der Waals surface area contributed by atoms with Gasteiger partial charge in [0.1, 0.15) is 0 Å². The number of benzene rings is 4. The Hall–Kier alpha value is -2.77. The van der Waals surface area contributed by atoms with Gasteiger partial charge in [-0.2, -0.15) is 0 Å². The fourth-order valence-corrected chi connectivity index (χ4v) is 20.8. The Kier molecular flexibility index (Phi) is 10.9. The van der Waals surface area contributed by atoms with Crippen molar-refractivity contribution in [2.45, 2.75) is 88.0 Å². The van der Waals surface area contributed by atoms with Crippen molar-refractivity contribution in [2.75, 3.05) is 0 Å². The summed E-state index contributed by atoms with van der Waals surface area (Å²) >= 11 is -2.94. The number of rotatable bonds is 6. The molecule has 0 N–H and O–H groups in total. The third-order valence-corrected chi connectivity index (χ3v) is 22.9. The molecule has 2 atom stereocenters. The van der Waals surface area contributed by atoms with Crippen molar-refractivity contribution in [1.82, 2.24) is 0 Å². The van der Waals surface area contributed by atoms with Gasteiger partial charge in [-0.3, -0.25) is 0 Å². The summed E-state index contributed by atoms with van der Waals surface area (Å²) < 4.78 is 84.5. The van der Waals surface area contributed by atoms with Gasteiger partial charge in [0.15, 0.2) is 0 Å². The Labute approximate surface area is 329 Å². The summed E-state index contributed by atoms with van der Waals surface area (Å²) in [5.41, 5.74) is 10.8. The zero-order chi connectivity index (χ0) is 35.8. The molecule has 2 unspecified atom stereocenters. The van der Waals surface area contributed by atoms with Gasteiger partial charge in [0.25, 0.3) is 0 Å². The Balaban J connectivity index is 0.00000225. The van der Waals surface area contributed by atoms with E-state index in [0.717, 1.165) is 22.3 Å². The smallest absolute Gasteiger partial charge is 1.00 e. The van der Waals surface area contributed by atoms with Crippen molar-refractivity contribution in [2.24, 2.45) is 11.8 Å². The summed E-state index contributed by atoms with van der Waals surface area (Å²) in [7, 11) is 0. The molecule has 0 spiro atoms. The van der Waals surface area contributed by atoms with E-state index in [9.17, 15) is 26.3 Å². The first-order valence-electron chi connectivity index (χ1n) is 19.1. The molecule has 4 aromatic rings. The van der Waals surface area contributed by atoms with Gasteiger partial charge in [0.2, 0.25) is 0 Å². The molecule has 0 amide bonds. The molecule has 0 bridgehead atoms. The van der Waals surface area contributed by atoms with Crippen molar-refractivity contribution in [3.63, 3.8) is 0 Å². The van der Waals surface area contributed by atoms with E-state index >= 15 is 0 Å². The van der Waals surface area contributed by atoms with Crippen LogP contribution in [0, 0.1) is 11.8 Å². The molecular formula is C45H42Cl2F6Ti. The summed E-state index contributed by atoms with van der Waals surface area (Å²) in [6.07, 6.45) is 7.09. The molecule has 0 aromatic heterocycles. The van der Waals surface area contributed by atoms with Crippen LogP contribution in [-0.4, -0.2) is 0 Å². The van der Waals surface area contributed by atoms with Gasteiger partial charge in [-0.05, 0) is 0 Å². The van der Waals surface area contributed by atoms with Crippen LogP contribution in [0.5, 0.6) is 0 Å². The molecule has 1 saturated heterocycles. The standard InChI is InChI=1S/2C21H18F3.C3H6.2ClH.Ti/c2*22-21(23,24)18-10-8-15(9-11-18)19-7-3-6-16-12-17(13-20(16)19)14-4-1-2-5-14;1-3-2;;;/h2*3,6-14H,1-2,4-5H2;1-3H2;2*1H;/q;;;;;+2/p-2. The topological polar surface area (TPSA) is 0 Å². The Morgan fingerprint density at radius 2 is 0.833 bits per heavy atom. The second-order valence-electron chi connectivity index (χ2n) is 16.0. The number of allylic oxidation sites excluding steroid dienone is 2. The van der Waals surface area contributed by atoms with E-state index in [-0.39, 0.29) is 24.8 Å². The number of halogens is 8. The van der Waals surface area contributed by atoms with Crippen LogP contribution in [0.25, 0.3) is 34.4 Å². The fourth-order valence-electron chi connectivity index (χ4n) is 10.9. The van der Waals surface area contributed by atoms with E-state index in [1.807, 2.05) is 0 Å². The molecule has 9 heteroatoms. The minimum atomic E-state index is -4.38. The molecule has 54 heavy (non-hydrogen) atoms. The Bertz CT molecular complexity index is 1920. The molecular weight excluding hydrogens is 773 g/mol. The van der Waals surface area contributed by atoms with Crippen molar-refractivity contribution >= 4 is 12.2 Å². The number of hydrogen-bond acceptors (Lipinski definition) is 0. The predicted molar refractivity (Wildman–Crippen MR) is 193 cm³/mol. The SMILES string of the molecule is FC(F)(F)c1ccc(-c2cccc3c2C=C(C2CCCC2)[CH]3[Ti+2]2([CH]3C(C4CCCC4)=Cc4c(-c5ccc(C(F)(F)F)cc5)cccc43)[CH2]C[CH2]2)cc1.[Cl-].[Cl-]. The zero-order valence-corrected chi connectivity index (χ0v) is 32.9. The van der Waals surface area contributed by atoms with E-state index in [2.05, 4.69) is 48.6 Å². The molecule has 1 aliphatic heterocycles. The van der Waals surface area contributed by atoms with E-state index in [1.54, 1.807) is 35.4 Å². The van der Waals surface area contributed by atoms with E-state index in [4.69, 9.17) is 0 Å². The first kappa shape index (κ1) is 39.5. The van der Waals surface area contributed by atoms with Crippen LogP contribution in [0.1, 0.15) is 99.6 Å². The maximum Gasteiger partial charge on any atom is -1.00 e. The quantitative estimate of drug-likeness (QED) is 0.136. The van der Waals surface area contributed by atoms with Gasteiger partial charge >= 0.3 is 307 Å². The van der Waals surface area contributed by atoms with Crippen molar-refractivity contribution in [3.05, 3.63) is 129 Å². The summed E-state index contributed by atoms with van der Waals surface area (Å²) in [6.45, 7) is 0. The summed E-state index contributed by atoms with van der Waals surface area (Å²) in [5.74, 6) is 1.05. The van der Waals surface area contributed by atoms with Crippen molar-refractivity contribution in [1.29, 1.82) is 0 Å². The first-order valence-corrected chi connectivity index (χ1v) is 23.1. The molecule has 4 aliphatic carbocycles. The largest absolute Gasteiger partial charge is 1.00 e. The summed E-state index contributed by atoms with van der Waals surface area (Å²) in [6, 6.07) is 24.4. The zero-order valence-electron chi connectivity index (χ0n) is 29.8. The van der Waals surface area contributed by atoms with Crippen molar-refractivity contribution in [3.8, 4) is 22.3 Å². The predicted octanol–water partition coefficient (Wildman–Crippen LogP) is 8.42. The minimum absolute atomic E-state index is 0. The molecule has 3 fully saturated rings. The molecule has 1 heterocycles. The summed E-state index contributed by atoms with van der Waals surface area (Å²) in [5, 5.41) is 0. The fraction of sp³-hybridized carbons (Fsp3) is 0.378. The van der Waals surface area contributed by atoms with Crippen molar-refractivity contribution < 1.29 is 67.7 Å². The maximum absolute atomic E-state index is 13.5. The van der Waals surface area contributed by atoms with E-state index in [0.29, 0.717) is 20.3 Å². The van der Waals surface area contributed by atoms with Gasteiger partial charge in [-0.1, -0.05) is 0 Å². The van der Waals surface area contributed by atoms with Crippen LogP contribution in [0.4, 0.5) is 26.3 Å². The Morgan fingerprint density at radius 1 is 0.463 bits per heavy atom. The van der Waals surface area contributed by atoms with Crippen LogP contribution >= 0.6 is 0 Å². The normalized spacial score (nSPS) is 21.5. The second-order valence-corrected chi connectivity index (χ2v) is 23.2. The third kappa shape index (κ3) is 6.65. The monoisotopic (exact) mass is 814 g/mol.